The molecule has 3 rings (SSSR count). The fourth-order valence-corrected chi connectivity index (χ4v) is 3.56. The Labute approximate surface area is 178 Å². The SMILES string of the molecule is CN(C)C(=O)c1cccc(NC(=O)CSc2nnc(-c3ccccc3Cl)n2C)c1. The number of nitrogens with one attached hydrogen (secondary N) is 1. The Morgan fingerprint density at radius 3 is 2.62 bits per heavy atom. The third-order valence-electron chi connectivity index (χ3n) is 4.08. The lowest BCUT2D eigenvalue weighted by atomic mass is 10.2. The summed E-state index contributed by atoms with van der Waals surface area (Å²) >= 11 is 7.50. The lowest BCUT2D eigenvalue weighted by molar-refractivity contribution is -0.113. The first-order valence-electron chi connectivity index (χ1n) is 8.75. The van der Waals surface area contributed by atoms with Crippen LogP contribution in [0, 0.1) is 0 Å². The van der Waals surface area contributed by atoms with Crippen LogP contribution in [0.15, 0.2) is 53.7 Å². The van der Waals surface area contributed by atoms with Crippen molar-refractivity contribution < 1.29 is 9.59 Å². The van der Waals surface area contributed by atoms with Gasteiger partial charge in [0.1, 0.15) is 0 Å². The van der Waals surface area contributed by atoms with Gasteiger partial charge in [-0.2, -0.15) is 0 Å². The first-order valence-corrected chi connectivity index (χ1v) is 10.1. The van der Waals surface area contributed by atoms with Gasteiger partial charge in [0.15, 0.2) is 11.0 Å². The van der Waals surface area contributed by atoms with Crippen LogP contribution in [0.25, 0.3) is 11.4 Å². The summed E-state index contributed by atoms with van der Waals surface area (Å²) in [5.41, 5.74) is 1.86. The molecule has 0 saturated heterocycles. The zero-order valence-electron chi connectivity index (χ0n) is 16.2. The normalized spacial score (nSPS) is 10.6. The summed E-state index contributed by atoms with van der Waals surface area (Å²) in [7, 11) is 5.19. The number of nitrogens with zero attached hydrogens (tertiary/aromatic N) is 4. The molecule has 0 spiro atoms. The number of rotatable bonds is 6. The highest BCUT2D eigenvalue weighted by Gasteiger charge is 2.15. The van der Waals surface area contributed by atoms with Crippen molar-refractivity contribution in [2.24, 2.45) is 7.05 Å². The molecule has 2 amide bonds. The van der Waals surface area contributed by atoms with Crippen molar-refractivity contribution in [1.29, 1.82) is 0 Å². The molecular formula is C20H20ClN5O2S. The van der Waals surface area contributed by atoms with E-state index in [1.54, 1.807) is 49.0 Å². The van der Waals surface area contributed by atoms with Crippen molar-refractivity contribution in [2.45, 2.75) is 5.16 Å². The average molecular weight is 430 g/mol. The van der Waals surface area contributed by atoms with E-state index in [-0.39, 0.29) is 17.6 Å². The Morgan fingerprint density at radius 1 is 1.14 bits per heavy atom. The zero-order chi connectivity index (χ0) is 21.0. The fourth-order valence-electron chi connectivity index (χ4n) is 2.63. The molecule has 0 fully saturated rings. The Kier molecular flexibility index (Phi) is 6.56. The van der Waals surface area contributed by atoms with Crippen LogP contribution in [0.3, 0.4) is 0 Å². The quantitative estimate of drug-likeness (QED) is 0.606. The predicted molar refractivity (Wildman–Crippen MR) is 115 cm³/mol. The molecule has 3 aromatic rings. The number of carbonyl (C=O) groups excluding carboxylic acids is 2. The minimum atomic E-state index is -0.202. The van der Waals surface area contributed by atoms with Gasteiger partial charge in [-0.05, 0) is 30.3 Å². The topological polar surface area (TPSA) is 80.1 Å². The maximum atomic E-state index is 12.3. The van der Waals surface area contributed by atoms with Crippen LogP contribution in [0.5, 0.6) is 0 Å². The summed E-state index contributed by atoms with van der Waals surface area (Å²) in [4.78, 5) is 25.9. The second-order valence-electron chi connectivity index (χ2n) is 6.46. The molecule has 0 bridgehead atoms. The molecule has 7 nitrogen and oxygen atoms in total. The predicted octanol–water partition coefficient (Wildman–Crippen LogP) is 3.57. The van der Waals surface area contributed by atoms with Crippen LogP contribution in [-0.2, 0) is 11.8 Å². The molecule has 150 valence electrons. The minimum absolute atomic E-state index is 0.123. The molecule has 1 aromatic heterocycles. The Bertz CT molecular complexity index is 1050. The van der Waals surface area contributed by atoms with Gasteiger partial charge in [0.2, 0.25) is 5.91 Å². The minimum Gasteiger partial charge on any atom is -0.345 e. The molecule has 0 saturated carbocycles. The smallest absolute Gasteiger partial charge is 0.253 e. The van der Waals surface area contributed by atoms with Crippen molar-refractivity contribution in [3.63, 3.8) is 0 Å². The Balaban J connectivity index is 1.64. The molecule has 2 aromatic carbocycles. The molecule has 9 heteroatoms. The van der Waals surface area contributed by atoms with Gasteiger partial charge in [-0.3, -0.25) is 9.59 Å². The number of hydrogen-bond donors (Lipinski definition) is 1. The van der Waals surface area contributed by atoms with Crippen LogP contribution < -0.4 is 5.32 Å². The van der Waals surface area contributed by atoms with E-state index in [2.05, 4.69) is 15.5 Å². The van der Waals surface area contributed by atoms with E-state index < -0.39 is 0 Å². The lowest BCUT2D eigenvalue weighted by Gasteiger charge is -2.11. The Morgan fingerprint density at radius 2 is 1.90 bits per heavy atom. The second kappa shape index (κ2) is 9.11. The molecule has 1 N–H and O–H groups in total. The average Bonchev–Trinajstić information content (AvgIpc) is 3.06. The molecule has 0 atom stereocenters. The van der Waals surface area contributed by atoms with E-state index in [0.29, 0.717) is 27.3 Å². The van der Waals surface area contributed by atoms with Gasteiger partial charge >= 0.3 is 0 Å². The zero-order valence-corrected chi connectivity index (χ0v) is 17.8. The van der Waals surface area contributed by atoms with Crippen molar-refractivity contribution in [3.05, 3.63) is 59.1 Å². The molecule has 0 aliphatic heterocycles. The summed E-state index contributed by atoms with van der Waals surface area (Å²) in [5.74, 6) is 0.460. The first kappa shape index (κ1) is 20.9. The van der Waals surface area contributed by atoms with Gasteiger partial charge in [0, 0.05) is 38.0 Å². The highest BCUT2D eigenvalue weighted by Crippen LogP contribution is 2.28. The summed E-state index contributed by atoms with van der Waals surface area (Å²) in [5, 5.41) is 12.3. The van der Waals surface area contributed by atoms with Crippen LogP contribution in [0.4, 0.5) is 5.69 Å². The Hall–Kier alpha value is -2.84. The van der Waals surface area contributed by atoms with E-state index in [4.69, 9.17) is 11.6 Å². The number of carbonyl (C=O) groups is 2. The molecule has 0 aliphatic rings. The standard InChI is InChI=1S/C20H20ClN5O2S/c1-25(2)19(28)13-7-6-8-14(11-13)22-17(27)12-29-20-24-23-18(26(20)3)15-9-4-5-10-16(15)21/h4-11H,12H2,1-3H3,(H,22,27). The van der Waals surface area contributed by atoms with Crippen molar-refractivity contribution in [2.75, 3.05) is 25.2 Å². The van der Waals surface area contributed by atoms with Gasteiger partial charge in [-0.1, -0.05) is 41.6 Å². The van der Waals surface area contributed by atoms with Gasteiger partial charge in [-0.25, -0.2) is 0 Å². The van der Waals surface area contributed by atoms with E-state index in [1.807, 2.05) is 25.2 Å². The maximum absolute atomic E-state index is 12.3. The van der Waals surface area contributed by atoms with Gasteiger partial charge < -0.3 is 14.8 Å². The van der Waals surface area contributed by atoms with Gasteiger partial charge in [0.25, 0.3) is 5.91 Å². The molecular weight excluding hydrogens is 410 g/mol. The number of hydrogen-bond acceptors (Lipinski definition) is 5. The fraction of sp³-hybridized carbons (Fsp3) is 0.200. The van der Waals surface area contributed by atoms with Crippen LogP contribution in [0.1, 0.15) is 10.4 Å². The second-order valence-corrected chi connectivity index (χ2v) is 7.81. The molecule has 29 heavy (non-hydrogen) atoms. The van der Waals surface area contributed by atoms with E-state index in [9.17, 15) is 9.59 Å². The number of benzene rings is 2. The van der Waals surface area contributed by atoms with Crippen LogP contribution >= 0.6 is 23.4 Å². The summed E-state index contributed by atoms with van der Waals surface area (Å²) < 4.78 is 1.80. The first-order chi connectivity index (χ1) is 13.9. The molecule has 1 heterocycles. The van der Waals surface area contributed by atoms with Crippen molar-refractivity contribution >= 4 is 40.9 Å². The van der Waals surface area contributed by atoms with Crippen molar-refractivity contribution in [3.8, 4) is 11.4 Å². The van der Waals surface area contributed by atoms with Crippen molar-refractivity contribution in [1.82, 2.24) is 19.7 Å². The number of aromatic nitrogens is 3. The third-order valence-corrected chi connectivity index (χ3v) is 5.43. The monoisotopic (exact) mass is 429 g/mol. The van der Waals surface area contributed by atoms with Crippen LogP contribution in [-0.4, -0.2) is 51.3 Å². The van der Waals surface area contributed by atoms with E-state index >= 15 is 0 Å². The third kappa shape index (κ3) is 4.96. The number of thioether (sulfide) groups is 1. The van der Waals surface area contributed by atoms with Gasteiger partial charge in [-0.15, -0.1) is 10.2 Å². The maximum Gasteiger partial charge on any atom is 0.253 e. The number of amides is 2. The van der Waals surface area contributed by atoms with E-state index in [0.717, 1.165) is 5.56 Å². The lowest BCUT2D eigenvalue weighted by Crippen LogP contribution is -2.22. The van der Waals surface area contributed by atoms with Crippen LogP contribution in [0.2, 0.25) is 5.02 Å². The summed E-state index contributed by atoms with van der Waals surface area (Å²) in [6.07, 6.45) is 0. The highest BCUT2D eigenvalue weighted by atomic mass is 35.5. The molecule has 0 aliphatic carbocycles. The van der Waals surface area contributed by atoms with Gasteiger partial charge in [0.05, 0.1) is 10.8 Å². The van der Waals surface area contributed by atoms with E-state index in [1.165, 1.54) is 16.7 Å². The molecule has 0 unspecified atom stereocenters. The largest absolute Gasteiger partial charge is 0.345 e. The molecule has 0 radical (unpaired) electrons. The number of anilines is 1. The number of halogens is 1. The highest BCUT2D eigenvalue weighted by molar-refractivity contribution is 7.99. The summed E-state index contributed by atoms with van der Waals surface area (Å²) in [6, 6.07) is 14.2. The summed E-state index contributed by atoms with van der Waals surface area (Å²) in [6.45, 7) is 0.